The van der Waals surface area contributed by atoms with Gasteiger partial charge in [-0.1, -0.05) is 30.3 Å². The van der Waals surface area contributed by atoms with Gasteiger partial charge in [-0.3, -0.25) is 4.79 Å². The number of ether oxygens (including phenoxy) is 3. The molecule has 0 bridgehead atoms. The lowest BCUT2D eigenvalue weighted by Crippen LogP contribution is -2.31. The van der Waals surface area contributed by atoms with Crippen LogP contribution < -0.4 is 14.8 Å². The molecule has 0 aliphatic carbocycles. The summed E-state index contributed by atoms with van der Waals surface area (Å²) in [6.45, 7) is 0.584. The topological polar surface area (TPSA) is 69.7 Å². The molecule has 0 amide bonds. The van der Waals surface area contributed by atoms with E-state index in [0.717, 1.165) is 33.7 Å². The van der Waals surface area contributed by atoms with E-state index in [0.29, 0.717) is 13.0 Å². The minimum absolute atomic E-state index is 0. The number of fused-ring (bicyclic) bond motifs is 1. The molecule has 2 aromatic carbocycles. The van der Waals surface area contributed by atoms with Crippen molar-refractivity contribution in [3.05, 3.63) is 54.6 Å². The number of hydrogen-bond donors (Lipinski definition) is 1. The van der Waals surface area contributed by atoms with Gasteiger partial charge in [0, 0.05) is 36.0 Å². The van der Waals surface area contributed by atoms with E-state index >= 15 is 0 Å². The zero-order chi connectivity index (χ0) is 19.5. The molecule has 0 spiro atoms. The third kappa shape index (κ3) is 4.95. The maximum Gasteiger partial charge on any atom is 0.323 e. The quantitative estimate of drug-likeness (QED) is 0.591. The van der Waals surface area contributed by atoms with Gasteiger partial charge in [0.1, 0.15) is 23.6 Å². The van der Waals surface area contributed by atoms with E-state index < -0.39 is 0 Å². The second kappa shape index (κ2) is 10.5. The number of rotatable bonds is 5. The molecule has 0 radical (unpaired) electrons. The van der Waals surface area contributed by atoms with Gasteiger partial charge >= 0.3 is 5.97 Å². The van der Waals surface area contributed by atoms with Crippen molar-refractivity contribution < 1.29 is 19.0 Å². The maximum atomic E-state index is 11.8. The number of benzene rings is 2. The van der Waals surface area contributed by atoms with E-state index in [4.69, 9.17) is 19.2 Å². The number of nitrogens with zero attached hydrogens (tertiary/aromatic N) is 1. The molecule has 0 unspecified atom stereocenters. The van der Waals surface area contributed by atoms with Crippen molar-refractivity contribution >= 4 is 41.7 Å². The van der Waals surface area contributed by atoms with Crippen LogP contribution in [0.4, 0.5) is 0 Å². The molecular formula is C22H24Cl2N2O4. The molecular weight excluding hydrogens is 427 g/mol. The van der Waals surface area contributed by atoms with Gasteiger partial charge in [0.15, 0.2) is 0 Å². The highest BCUT2D eigenvalue weighted by molar-refractivity contribution is 5.89. The van der Waals surface area contributed by atoms with Gasteiger partial charge in [0.05, 0.1) is 25.4 Å². The SMILES string of the molecule is COC(=O)[C@@H]1C[C@@H](Oc2cc(-c3ccccc3)nc3cc(OC)ccc23)CN1.Cl.Cl. The first-order chi connectivity index (χ1) is 13.7. The molecule has 1 aliphatic rings. The molecule has 1 aliphatic heterocycles. The maximum absolute atomic E-state index is 11.8. The Morgan fingerprint density at radius 2 is 1.83 bits per heavy atom. The molecule has 8 heteroatoms. The Kier molecular flexibility index (Phi) is 8.29. The fourth-order valence-electron chi connectivity index (χ4n) is 3.45. The number of carbonyl (C=O) groups excluding carboxylic acids is 1. The first kappa shape index (κ1) is 23.7. The van der Waals surface area contributed by atoms with Crippen LogP contribution in [-0.4, -0.2) is 43.9 Å². The molecule has 1 saturated heterocycles. The lowest BCUT2D eigenvalue weighted by atomic mass is 10.1. The third-order valence-electron chi connectivity index (χ3n) is 4.92. The van der Waals surface area contributed by atoms with E-state index in [1.54, 1.807) is 7.11 Å². The number of nitrogens with one attached hydrogen (secondary N) is 1. The summed E-state index contributed by atoms with van der Waals surface area (Å²) >= 11 is 0. The highest BCUT2D eigenvalue weighted by atomic mass is 35.5. The summed E-state index contributed by atoms with van der Waals surface area (Å²) in [6, 6.07) is 17.3. The Balaban J connectivity index is 0.00000160. The Morgan fingerprint density at radius 1 is 1.07 bits per heavy atom. The largest absolute Gasteiger partial charge is 0.497 e. The summed E-state index contributed by atoms with van der Waals surface area (Å²) < 4.78 is 16.5. The number of halogens is 2. The van der Waals surface area contributed by atoms with Gasteiger partial charge in [-0.25, -0.2) is 4.98 Å². The van der Waals surface area contributed by atoms with Gasteiger partial charge in [-0.2, -0.15) is 0 Å². The Morgan fingerprint density at radius 3 is 2.53 bits per heavy atom. The van der Waals surface area contributed by atoms with E-state index in [2.05, 4.69) is 5.32 Å². The summed E-state index contributed by atoms with van der Waals surface area (Å²) in [5.41, 5.74) is 2.63. The number of esters is 1. The number of aromatic nitrogens is 1. The van der Waals surface area contributed by atoms with Crippen molar-refractivity contribution in [2.75, 3.05) is 20.8 Å². The monoisotopic (exact) mass is 450 g/mol. The van der Waals surface area contributed by atoms with Crippen LogP contribution in [0.1, 0.15) is 6.42 Å². The zero-order valence-electron chi connectivity index (χ0n) is 16.7. The zero-order valence-corrected chi connectivity index (χ0v) is 18.3. The summed E-state index contributed by atoms with van der Waals surface area (Å²) in [7, 11) is 3.03. The average molecular weight is 451 g/mol. The van der Waals surface area contributed by atoms with Crippen LogP contribution in [0.5, 0.6) is 11.5 Å². The molecule has 1 N–H and O–H groups in total. The van der Waals surface area contributed by atoms with Gasteiger partial charge in [0.25, 0.3) is 0 Å². The van der Waals surface area contributed by atoms with Gasteiger partial charge in [-0.15, -0.1) is 24.8 Å². The van der Waals surface area contributed by atoms with Crippen LogP contribution in [0.25, 0.3) is 22.2 Å². The summed E-state index contributed by atoms with van der Waals surface area (Å²) in [4.78, 5) is 16.6. The third-order valence-corrected chi connectivity index (χ3v) is 4.92. The minimum atomic E-state index is -0.336. The van der Waals surface area contributed by atoms with Crippen LogP contribution in [-0.2, 0) is 9.53 Å². The Bertz CT molecular complexity index is 1000. The number of hydrogen-bond acceptors (Lipinski definition) is 6. The molecule has 160 valence electrons. The molecule has 0 saturated carbocycles. The van der Waals surface area contributed by atoms with Crippen molar-refractivity contribution in [3.63, 3.8) is 0 Å². The first-order valence-electron chi connectivity index (χ1n) is 9.20. The van der Waals surface area contributed by atoms with E-state index in [9.17, 15) is 4.79 Å². The fraction of sp³-hybridized carbons (Fsp3) is 0.273. The van der Waals surface area contributed by atoms with Crippen LogP contribution in [0, 0.1) is 0 Å². The van der Waals surface area contributed by atoms with Crippen molar-refractivity contribution in [1.29, 1.82) is 0 Å². The molecule has 1 fully saturated rings. The molecule has 2 heterocycles. The minimum Gasteiger partial charge on any atom is -0.497 e. The highest BCUT2D eigenvalue weighted by Gasteiger charge is 2.31. The smallest absolute Gasteiger partial charge is 0.323 e. The molecule has 30 heavy (non-hydrogen) atoms. The van der Waals surface area contributed by atoms with Crippen LogP contribution >= 0.6 is 24.8 Å². The second-order valence-electron chi connectivity index (χ2n) is 6.71. The van der Waals surface area contributed by atoms with Gasteiger partial charge in [0.2, 0.25) is 0 Å². The number of pyridine rings is 1. The summed E-state index contributed by atoms with van der Waals surface area (Å²) in [5, 5.41) is 4.06. The standard InChI is InChI=1S/C22H22N2O4.2ClH/c1-26-15-8-9-17-19(10-15)24-18(14-6-4-3-5-7-14)12-21(17)28-16-11-20(23-13-16)22(25)27-2;;/h3-10,12,16,20,23H,11,13H2,1-2H3;2*1H/t16-,20+;;/m1../s1. The molecule has 1 aromatic heterocycles. The lowest BCUT2D eigenvalue weighted by Gasteiger charge is -2.16. The lowest BCUT2D eigenvalue weighted by molar-refractivity contribution is -0.142. The van der Waals surface area contributed by atoms with E-state index in [1.165, 1.54) is 7.11 Å². The molecule has 6 nitrogen and oxygen atoms in total. The predicted octanol–water partition coefficient (Wildman–Crippen LogP) is 4.04. The second-order valence-corrected chi connectivity index (χ2v) is 6.71. The summed E-state index contributed by atoms with van der Waals surface area (Å²) in [5.74, 6) is 1.22. The molecule has 4 rings (SSSR count). The van der Waals surface area contributed by atoms with Crippen molar-refractivity contribution in [2.24, 2.45) is 0 Å². The molecule has 2 atom stereocenters. The Labute approximate surface area is 187 Å². The fourth-order valence-corrected chi connectivity index (χ4v) is 3.45. The first-order valence-corrected chi connectivity index (χ1v) is 9.20. The van der Waals surface area contributed by atoms with E-state index in [-0.39, 0.29) is 42.9 Å². The van der Waals surface area contributed by atoms with Gasteiger partial charge < -0.3 is 19.5 Å². The van der Waals surface area contributed by atoms with Crippen LogP contribution in [0.3, 0.4) is 0 Å². The number of methoxy groups -OCH3 is 2. The molecule has 3 aromatic rings. The van der Waals surface area contributed by atoms with Crippen molar-refractivity contribution in [2.45, 2.75) is 18.6 Å². The summed E-state index contributed by atoms with van der Waals surface area (Å²) in [6.07, 6.45) is 0.438. The Hall–Kier alpha value is -2.54. The predicted molar refractivity (Wildman–Crippen MR) is 121 cm³/mol. The van der Waals surface area contributed by atoms with Crippen molar-refractivity contribution in [3.8, 4) is 22.8 Å². The van der Waals surface area contributed by atoms with Crippen LogP contribution in [0.2, 0.25) is 0 Å². The van der Waals surface area contributed by atoms with Crippen LogP contribution in [0.15, 0.2) is 54.6 Å². The van der Waals surface area contributed by atoms with Crippen molar-refractivity contribution in [1.82, 2.24) is 10.3 Å². The number of carbonyl (C=O) groups is 1. The normalized spacial score (nSPS) is 17.5. The average Bonchev–Trinajstić information content (AvgIpc) is 3.21. The highest BCUT2D eigenvalue weighted by Crippen LogP contribution is 2.33. The van der Waals surface area contributed by atoms with E-state index in [1.807, 2.05) is 54.6 Å². The van der Waals surface area contributed by atoms with Gasteiger partial charge in [-0.05, 0) is 12.1 Å².